The van der Waals surface area contributed by atoms with Crippen LogP contribution in [0.2, 0.25) is 0 Å². The van der Waals surface area contributed by atoms with Gasteiger partial charge in [0.15, 0.2) is 5.17 Å². The third-order valence-corrected chi connectivity index (χ3v) is 5.19. The largest absolute Gasteiger partial charge is 0.364 e. The Morgan fingerprint density at radius 1 is 1.47 bits per heavy atom. The highest BCUT2D eigenvalue weighted by Gasteiger charge is 2.29. The van der Waals surface area contributed by atoms with E-state index < -0.39 is 0 Å². The van der Waals surface area contributed by atoms with Crippen molar-refractivity contribution in [1.82, 2.24) is 10.2 Å². The highest BCUT2D eigenvalue weighted by Crippen LogP contribution is 2.29. The van der Waals surface area contributed by atoms with E-state index in [4.69, 9.17) is 0 Å². The molecule has 1 fully saturated rings. The van der Waals surface area contributed by atoms with E-state index in [0.717, 1.165) is 19.0 Å². The molecule has 3 nitrogen and oxygen atoms in total. The van der Waals surface area contributed by atoms with E-state index in [-0.39, 0.29) is 0 Å². The van der Waals surface area contributed by atoms with Gasteiger partial charge in [0.1, 0.15) is 0 Å². The van der Waals surface area contributed by atoms with Gasteiger partial charge in [0.2, 0.25) is 0 Å². The van der Waals surface area contributed by atoms with Crippen LogP contribution in [0.1, 0.15) is 26.7 Å². The van der Waals surface area contributed by atoms with Gasteiger partial charge >= 0.3 is 0 Å². The maximum atomic E-state index is 4.60. The van der Waals surface area contributed by atoms with Crippen LogP contribution in [0, 0.1) is 11.3 Å². The number of hydrogen-bond donors (Lipinski definition) is 1. The molecule has 0 aromatic rings. The average Bonchev–Trinajstić information content (AvgIpc) is 2.33. The first-order valence-electron chi connectivity index (χ1n) is 6.67. The lowest BCUT2D eigenvalue weighted by Crippen LogP contribution is -2.43. The van der Waals surface area contributed by atoms with Crippen molar-refractivity contribution in [2.45, 2.75) is 26.7 Å². The fourth-order valence-corrected chi connectivity index (χ4v) is 3.18. The van der Waals surface area contributed by atoms with Gasteiger partial charge in [-0.25, -0.2) is 0 Å². The molecular weight excluding hydrogens is 230 g/mol. The number of thioether (sulfide) groups is 1. The van der Waals surface area contributed by atoms with Crippen LogP contribution in [0.4, 0.5) is 0 Å². The first kappa shape index (κ1) is 13.2. The third-order valence-electron chi connectivity index (χ3n) is 3.91. The number of nitrogens with zero attached hydrogens (tertiary/aromatic N) is 2. The minimum absolute atomic E-state index is 0.457. The molecule has 0 aromatic carbocycles. The van der Waals surface area contributed by atoms with Gasteiger partial charge in [-0.15, -0.1) is 0 Å². The molecule has 2 heterocycles. The highest BCUT2D eigenvalue weighted by atomic mass is 32.2. The van der Waals surface area contributed by atoms with E-state index in [9.17, 15) is 0 Å². The SMILES string of the molecule is CC1CN=C(NCC2(C)CCN(C)CC2)SC1. The van der Waals surface area contributed by atoms with Gasteiger partial charge in [-0.2, -0.15) is 0 Å². The molecule has 2 aliphatic heterocycles. The second-order valence-corrected chi connectivity index (χ2v) is 7.04. The number of hydrogen-bond acceptors (Lipinski definition) is 4. The number of aliphatic imine (C=N–C) groups is 1. The van der Waals surface area contributed by atoms with Crippen molar-refractivity contribution in [2.75, 3.05) is 39.0 Å². The van der Waals surface area contributed by atoms with Gasteiger partial charge in [-0.3, -0.25) is 4.99 Å². The van der Waals surface area contributed by atoms with Gasteiger partial charge < -0.3 is 10.2 Å². The van der Waals surface area contributed by atoms with Gasteiger partial charge in [0.05, 0.1) is 0 Å². The molecule has 0 aliphatic carbocycles. The van der Waals surface area contributed by atoms with Gasteiger partial charge in [-0.1, -0.05) is 25.6 Å². The molecule has 1 unspecified atom stereocenters. The Labute approximate surface area is 109 Å². The molecule has 0 radical (unpaired) electrons. The van der Waals surface area contributed by atoms with Gasteiger partial charge in [0.25, 0.3) is 0 Å². The van der Waals surface area contributed by atoms with Crippen molar-refractivity contribution < 1.29 is 0 Å². The Bertz CT molecular complexity index is 282. The van der Waals surface area contributed by atoms with Crippen molar-refractivity contribution >= 4 is 16.9 Å². The molecule has 98 valence electrons. The normalized spacial score (nSPS) is 29.8. The lowest BCUT2D eigenvalue weighted by atomic mass is 9.80. The molecule has 0 amide bonds. The molecule has 17 heavy (non-hydrogen) atoms. The van der Waals surface area contributed by atoms with E-state index in [1.54, 1.807) is 0 Å². The Kier molecular flexibility index (Phi) is 4.36. The first-order valence-corrected chi connectivity index (χ1v) is 7.66. The summed E-state index contributed by atoms with van der Waals surface area (Å²) in [4.78, 5) is 7.03. The fourth-order valence-electron chi connectivity index (χ4n) is 2.29. The third kappa shape index (κ3) is 3.88. The highest BCUT2D eigenvalue weighted by molar-refractivity contribution is 8.13. The average molecular weight is 255 g/mol. The number of likely N-dealkylation sites (tertiary alicyclic amines) is 1. The molecule has 1 N–H and O–H groups in total. The summed E-state index contributed by atoms with van der Waals surface area (Å²) in [5.74, 6) is 1.95. The second kappa shape index (κ2) is 5.61. The molecule has 2 rings (SSSR count). The van der Waals surface area contributed by atoms with E-state index in [0.29, 0.717) is 5.41 Å². The van der Waals surface area contributed by atoms with Gasteiger partial charge in [-0.05, 0) is 44.3 Å². The molecule has 0 saturated carbocycles. The summed E-state index contributed by atoms with van der Waals surface area (Å²) in [6.07, 6.45) is 2.59. The zero-order chi connectivity index (χ0) is 12.3. The van der Waals surface area contributed by atoms with Crippen LogP contribution in [0.15, 0.2) is 4.99 Å². The van der Waals surface area contributed by atoms with E-state index in [1.807, 2.05) is 11.8 Å². The summed E-state index contributed by atoms with van der Waals surface area (Å²) in [5, 5.41) is 4.73. The molecule has 2 aliphatic rings. The van der Waals surface area contributed by atoms with Crippen molar-refractivity contribution in [2.24, 2.45) is 16.3 Å². The number of nitrogens with one attached hydrogen (secondary N) is 1. The molecule has 0 bridgehead atoms. The standard InChI is InChI=1S/C13H25N3S/c1-11-8-14-12(17-9-11)15-10-13(2)4-6-16(3)7-5-13/h11H,4-10H2,1-3H3,(H,14,15). The monoisotopic (exact) mass is 255 g/mol. The van der Waals surface area contributed by atoms with E-state index in [1.165, 1.54) is 36.9 Å². The van der Waals surface area contributed by atoms with Crippen molar-refractivity contribution in [3.8, 4) is 0 Å². The summed E-state index contributed by atoms with van der Waals surface area (Å²) >= 11 is 1.89. The predicted octanol–water partition coefficient (Wildman–Crippen LogP) is 2.05. The number of piperidine rings is 1. The maximum Gasteiger partial charge on any atom is 0.156 e. The Balaban J connectivity index is 1.78. The Morgan fingerprint density at radius 2 is 2.18 bits per heavy atom. The van der Waals surface area contributed by atoms with Crippen LogP contribution in [-0.4, -0.2) is 49.0 Å². The summed E-state index contributed by atoms with van der Waals surface area (Å²) in [7, 11) is 2.22. The smallest absolute Gasteiger partial charge is 0.156 e. The van der Waals surface area contributed by atoms with Crippen molar-refractivity contribution in [3.63, 3.8) is 0 Å². The van der Waals surface area contributed by atoms with E-state index in [2.05, 4.69) is 36.1 Å². The molecule has 0 spiro atoms. The first-order chi connectivity index (χ1) is 8.07. The molecule has 0 aromatic heterocycles. The summed E-state index contributed by atoms with van der Waals surface area (Å²) in [6.45, 7) is 9.22. The lowest BCUT2D eigenvalue weighted by molar-refractivity contribution is 0.142. The Morgan fingerprint density at radius 3 is 2.76 bits per heavy atom. The van der Waals surface area contributed by atoms with Crippen LogP contribution in [0.5, 0.6) is 0 Å². The zero-order valence-corrected chi connectivity index (χ0v) is 12.1. The predicted molar refractivity (Wildman–Crippen MR) is 76.8 cm³/mol. The molecule has 1 saturated heterocycles. The van der Waals surface area contributed by atoms with Crippen molar-refractivity contribution in [3.05, 3.63) is 0 Å². The molecule has 4 heteroatoms. The number of rotatable bonds is 2. The minimum atomic E-state index is 0.457. The van der Waals surface area contributed by atoms with E-state index >= 15 is 0 Å². The summed E-state index contributed by atoms with van der Waals surface area (Å²) < 4.78 is 0. The topological polar surface area (TPSA) is 27.6 Å². The van der Waals surface area contributed by atoms with Crippen molar-refractivity contribution in [1.29, 1.82) is 0 Å². The molecular formula is C13H25N3S. The lowest BCUT2D eigenvalue weighted by Gasteiger charge is -2.38. The van der Waals surface area contributed by atoms with Crippen LogP contribution in [-0.2, 0) is 0 Å². The number of amidine groups is 1. The second-order valence-electron chi connectivity index (χ2n) is 6.03. The van der Waals surface area contributed by atoms with Crippen LogP contribution >= 0.6 is 11.8 Å². The van der Waals surface area contributed by atoms with Crippen LogP contribution in [0.25, 0.3) is 0 Å². The fraction of sp³-hybridized carbons (Fsp3) is 0.923. The zero-order valence-electron chi connectivity index (χ0n) is 11.3. The quantitative estimate of drug-likeness (QED) is 0.818. The van der Waals surface area contributed by atoms with Crippen LogP contribution < -0.4 is 5.32 Å². The maximum absolute atomic E-state index is 4.60. The Hall–Kier alpha value is -0.220. The van der Waals surface area contributed by atoms with Gasteiger partial charge in [0, 0.05) is 18.8 Å². The summed E-state index contributed by atoms with van der Waals surface area (Å²) in [6, 6.07) is 0. The summed E-state index contributed by atoms with van der Waals surface area (Å²) in [5.41, 5.74) is 0.457. The minimum Gasteiger partial charge on any atom is -0.364 e. The molecule has 1 atom stereocenters. The van der Waals surface area contributed by atoms with Crippen LogP contribution in [0.3, 0.4) is 0 Å².